The molecule has 52 valence electrons. The topological polar surface area (TPSA) is 48.5 Å². The standard InChI is InChI=1S/C8H5N3/c9-4-6-1-2-8-7(3-6)5-10-11-8/h1-3H,5H2. The normalized spacial score (nSPS) is 12.6. The lowest BCUT2D eigenvalue weighted by atomic mass is 10.1. The van der Waals surface area contributed by atoms with Gasteiger partial charge < -0.3 is 0 Å². The van der Waals surface area contributed by atoms with Crippen LogP contribution in [0.2, 0.25) is 0 Å². The van der Waals surface area contributed by atoms with Gasteiger partial charge in [0.05, 0.1) is 23.9 Å². The predicted octanol–water partition coefficient (Wildman–Crippen LogP) is 2.16. The summed E-state index contributed by atoms with van der Waals surface area (Å²) in [6, 6.07) is 7.48. The van der Waals surface area contributed by atoms with Gasteiger partial charge in [0.2, 0.25) is 0 Å². The molecule has 1 heterocycles. The maximum atomic E-state index is 8.56. The van der Waals surface area contributed by atoms with E-state index in [-0.39, 0.29) is 0 Å². The molecular formula is C8H5N3. The highest BCUT2D eigenvalue weighted by atomic mass is 15.1. The fourth-order valence-corrected chi connectivity index (χ4v) is 1.07. The number of hydrogen-bond acceptors (Lipinski definition) is 3. The summed E-state index contributed by atoms with van der Waals surface area (Å²) in [5.74, 6) is 0. The van der Waals surface area contributed by atoms with Gasteiger partial charge in [0.1, 0.15) is 0 Å². The number of nitrogens with zero attached hydrogens (tertiary/aromatic N) is 3. The van der Waals surface area contributed by atoms with Crippen molar-refractivity contribution in [2.45, 2.75) is 6.54 Å². The van der Waals surface area contributed by atoms with Crippen LogP contribution in [0.15, 0.2) is 28.4 Å². The van der Waals surface area contributed by atoms with Crippen molar-refractivity contribution in [3.05, 3.63) is 29.3 Å². The molecule has 0 saturated carbocycles. The number of benzene rings is 1. The fraction of sp³-hybridized carbons (Fsp3) is 0.125. The van der Waals surface area contributed by atoms with Crippen molar-refractivity contribution < 1.29 is 0 Å². The molecule has 1 aliphatic heterocycles. The maximum Gasteiger partial charge on any atom is 0.0991 e. The van der Waals surface area contributed by atoms with E-state index in [2.05, 4.69) is 16.3 Å². The molecule has 1 aliphatic rings. The Morgan fingerprint density at radius 3 is 3.18 bits per heavy atom. The fourth-order valence-electron chi connectivity index (χ4n) is 1.07. The van der Waals surface area contributed by atoms with E-state index >= 15 is 0 Å². The Labute approximate surface area is 64.0 Å². The van der Waals surface area contributed by atoms with Crippen LogP contribution in [0, 0.1) is 11.3 Å². The predicted molar refractivity (Wildman–Crippen MR) is 39.4 cm³/mol. The van der Waals surface area contributed by atoms with Gasteiger partial charge in [-0.15, -0.1) is 0 Å². The Morgan fingerprint density at radius 2 is 2.36 bits per heavy atom. The van der Waals surface area contributed by atoms with E-state index in [9.17, 15) is 0 Å². The highest BCUT2D eigenvalue weighted by molar-refractivity contribution is 5.51. The lowest BCUT2D eigenvalue weighted by Crippen LogP contribution is -1.78. The molecule has 0 radical (unpaired) electrons. The molecule has 0 bridgehead atoms. The first-order valence-corrected chi connectivity index (χ1v) is 3.31. The number of fused-ring (bicyclic) bond motifs is 1. The smallest absolute Gasteiger partial charge is 0.0991 e. The van der Waals surface area contributed by atoms with E-state index < -0.39 is 0 Å². The van der Waals surface area contributed by atoms with E-state index in [1.165, 1.54) is 0 Å². The summed E-state index contributed by atoms with van der Waals surface area (Å²) >= 11 is 0. The molecule has 0 spiro atoms. The monoisotopic (exact) mass is 143 g/mol. The van der Waals surface area contributed by atoms with Gasteiger partial charge in [0.15, 0.2) is 0 Å². The highest BCUT2D eigenvalue weighted by Gasteiger charge is 2.07. The zero-order valence-electron chi connectivity index (χ0n) is 5.78. The first-order valence-electron chi connectivity index (χ1n) is 3.31. The third kappa shape index (κ3) is 0.887. The Bertz CT molecular complexity index is 360. The largest absolute Gasteiger partial charge is 0.192 e. The summed E-state index contributed by atoms with van der Waals surface area (Å²) < 4.78 is 0. The minimum Gasteiger partial charge on any atom is -0.192 e. The molecule has 1 aromatic carbocycles. The van der Waals surface area contributed by atoms with Crippen LogP contribution in [-0.4, -0.2) is 0 Å². The van der Waals surface area contributed by atoms with Crippen molar-refractivity contribution in [2.75, 3.05) is 0 Å². The molecule has 0 atom stereocenters. The van der Waals surface area contributed by atoms with Gasteiger partial charge in [-0.05, 0) is 18.2 Å². The quantitative estimate of drug-likeness (QED) is 0.548. The average Bonchev–Trinajstić information content (AvgIpc) is 2.50. The molecule has 0 N–H and O–H groups in total. The van der Waals surface area contributed by atoms with Crippen LogP contribution in [0.25, 0.3) is 0 Å². The minimum absolute atomic E-state index is 0.616. The molecule has 3 nitrogen and oxygen atoms in total. The first kappa shape index (κ1) is 6.05. The molecule has 0 saturated heterocycles. The number of nitriles is 1. The SMILES string of the molecule is N#Cc1ccc2c(c1)CN=N2. The van der Waals surface area contributed by atoms with Gasteiger partial charge in [-0.1, -0.05) is 0 Å². The molecule has 0 fully saturated rings. The van der Waals surface area contributed by atoms with E-state index in [1.807, 2.05) is 12.1 Å². The lowest BCUT2D eigenvalue weighted by molar-refractivity contribution is 1.04. The van der Waals surface area contributed by atoms with Crippen LogP contribution >= 0.6 is 0 Å². The molecular weight excluding hydrogens is 138 g/mol. The van der Waals surface area contributed by atoms with Crippen molar-refractivity contribution >= 4 is 5.69 Å². The van der Waals surface area contributed by atoms with Crippen LogP contribution in [0.1, 0.15) is 11.1 Å². The Kier molecular flexibility index (Phi) is 1.19. The van der Waals surface area contributed by atoms with Crippen LogP contribution in [0.4, 0.5) is 5.69 Å². The molecule has 1 aromatic rings. The van der Waals surface area contributed by atoms with Crippen LogP contribution < -0.4 is 0 Å². The van der Waals surface area contributed by atoms with Crippen molar-refractivity contribution in [3.8, 4) is 6.07 Å². The second kappa shape index (κ2) is 2.17. The maximum absolute atomic E-state index is 8.56. The minimum atomic E-state index is 0.616. The van der Waals surface area contributed by atoms with Gasteiger partial charge in [0.25, 0.3) is 0 Å². The molecule has 0 aromatic heterocycles. The van der Waals surface area contributed by atoms with E-state index in [0.717, 1.165) is 11.3 Å². The number of hydrogen-bond donors (Lipinski definition) is 0. The number of rotatable bonds is 0. The average molecular weight is 143 g/mol. The second-order valence-corrected chi connectivity index (χ2v) is 2.35. The summed E-state index contributed by atoms with van der Waals surface area (Å²) in [6.07, 6.45) is 0. The highest BCUT2D eigenvalue weighted by Crippen LogP contribution is 2.26. The Balaban J connectivity index is 2.56. The molecule has 3 heteroatoms. The summed E-state index contributed by atoms with van der Waals surface area (Å²) in [5, 5.41) is 16.3. The zero-order valence-corrected chi connectivity index (χ0v) is 5.78. The number of azo groups is 1. The van der Waals surface area contributed by atoms with Gasteiger partial charge in [-0.2, -0.15) is 15.5 Å². The Morgan fingerprint density at radius 1 is 1.45 bits per heavy atom. The van der Waals surface area contributed by atoms with E-state index in [1.54, 1.807) is 6.07 Å². The van der Waals surface area contributed by atoms with Crippen molar-refractivity contribution in [1.29, 1.82) is 5.26 Å². The van der Waals surface area contributed by atoms with Gasteiger partial charge in [-0.25, -0.2) is 0 Å². The molecule has 2 rings (SSSR count). The van der Waals surface area contributed by atoms with E-state index in [0.29, 0.717) is 12.1 Å². The summed E-state index contributed by atoms with van der Waals surface area (Å²) in [7, 11) is 0. The van der Waals surface area contributed by atoms with Gasteiger partial charge in [-0.3, -0.25) is 0 Å². The van der Waals surface area contributed by atoms with Gasteiger partial charge >= 0.3 is 0 Å². The first-order chi connectivity index (χ1) is 5.40. The van der Waals surface area contributed by atoms with Crippen LogP contribution in [-0.2, 0) is 6.54 Å². The summed E-state index contributed by atoms with van der Waals surface area (Å²) in [4.78, 5) is 0. The Hall–Kier alpha value is -1.69. The summed E-state index contributed by atoms with van der Waals surface area (Å²) in [6.45, 7) is 0.616. The van der Waals surface area contributed by atoms with Crippen LogP contribution in [0.3, 0.4) is 0 Å². The molecule has 0 amide bonds. The third-order valence-electron chi connectivity index (χ3n) is 1.63. The van der Waals surface area contributed by atoms with Crippen molar-refractivity contribution in [3.63, 3.8) is 0 Å². The van der Waals surface area contributed by atoms with Gasteiger partial charge in [0, 0.05) is 5.56 Å². The summed E-state index contributed by atoms with van der Waals surface area (Å²) in [5.41, 5.74) is 2.61. The molecule has 0 unspecified atom stereocenters. The lowest BCUT2D eigenvalue weighted by Gasteiger charge is -1.93. The molecule has 0 aliphatic carbocycles. The third-order valence-corrected chi connectivity index (χ3v) is 1.63. The van der Waals surface area contributed by atoms with Crippen LogP contribution in [0.5, 0.6) is 0 Å². The van der Waals surface area contributed by atoms with Crippen molar-refractivity contribution in [2.24, 2.45) is 10.2 Å². The second-order valence-electron chi connectivity index (χ2n) is 2.35. The van der Waals surface area contributed by atoms with Crippen molar-refractivity contribution in [1.82, 2.24) is 0 Å². The van der Waals surface area contributed by atoms with E-state index in [4.69, 9.17) is 5.26 Å². The molecule has 11 heavy (non-hydrogen) atoms. The zero-order chi connectivity index (χ0) is 7.68.